The number of anilines is 2. The summed E-state index contributed by atoms with van der Waals surface area (Å²) < 4.78 is 5.38. The quantitative estimate of drug-likeness (QED) is 0.646. The number of hydrogen-bond acceptors (Lipinski definition) is 6. The number of carbonyl (C=O) groups is 2. The van der Waals surface area contributed by atoms with Gasteiger partial charge in [0, 0.05) is 44.3 Å². The van der Waals surface area contributed by atoms with Crippen molar-refractivity contribution < 1.29 is 14.3 Å². The number of benzene rings is 1. The average Bonchev–Trinajstić information content (AvgIpc) is 2.85. The number of piperazine rings is 1. The summed E-state index contributed by atoms with van der Waals surface area (Å²) >= 11 is 0. The van der Waals surface area contributed by atoms with E-state index in [-0.39, 0.29) is 18.2 Å². The van der Waals surface area contributed by atoms with E-state index in [1.54, 1.807) is 41.4 Å². The van der Waals surface area contributed by atoms with Crippen LogP contribution in [0.5, 0.6) is 5.75 Å². The van der Waals surface area contributed by atoms with Crippen molar-refractivity contribution in [1.29, 1.82) is 0 Å². The number of ether oxygens (including phenoxy) is 1. The molecular formula is C24H25N5O3. The molecule has 0 radical (unpaired) electrons. The smallest absolute Gasteiger partial charge is 0.257 e. The Bertz CT molecular complexity index is 1080. The second-order valence-corrected chi connectivity index (χ2v) is 7.40. The zero-order valence-corrected chi connectivity index (χ0v) is 17.9. The molecule has 1 aliphatic heterocycles. The van der Waals surface area contributed by atoms with E-state index in [1.165, 1.54) is 0 Å². The minimum Gasteiger partial charge on any atom is -0.495 e. The Labute approximate surface area is 186 Å². The lowest BCUT2D eigenvalue weighted by atomic mass is 10.1. The molecule has 8 heteroatoms. The highest BCUT2D eigenvalue weighted by Gasteiger charge is 2.26. The summed E-state index contributed by atoms with van der Waals surface area (Å²) in [6.07, 6.45) is 3.59. The van der Waals surface area contributed by atoms with E-state index in [9.17, 15) is 9.59 Å². The van der Waals surface area contributed by atoms with Crippen LogP contribution in [0.1, 0.15) is 16.1 Å². The van der Waals surface area contributed by atoms with Crippen molar-refractivity contribution in [3.63, 3.8) is 0 Å². The Morgan fingerprint density at radius 2 is 1.62 bits per heavy atom. The molecular weight excluding hydrogens is 406 g/mol. The zero-order chi connectivity index (χ0) is 22.3. The van der Waals surface area contributed by atoms with Crippen LogP contribution in [0.3, 0.4) is 0 Å². The first-order valence-electron chi connectivity index (χ1n) is 10.5. The van der Waals surface area contributed by atoms with Crippen LogP contribution in [0, 0.1) is 0 Å². The third-order valence-electron chi connectivity index (χ3n) is 5.38. The number of methoxy groups -OCH3 is 1. The summed E-state index contributed by atoms with van der Waals surface area (Å²) in [6.45, 7) is 1.92. The number of aromatic nitrogens is 2. The van der Waals surface area contributed by atoms with Gasteiger partial charge in [0.1, 0.15) is 11.6 Å². The molecule has 4 rings (SSSR count). The van der Waals surface area contributed by atoms with Gasteiger partial charge in [-0.1, -0.05) is 18.2 Å². The monoisotopic (exact) mass is 431 g/mol. The lowest BCUT2D eigenvalue weighted by Crippen LogP contribution is -2.51. The van der Waals surface area contributed by atoms with Gasteiger partial charge in [-0.05, 0) is 36.4 Å². The number of rotatable bonds is 6. The molecule has 2 aromatic heterocycles. The van der Waals surface area contributed by atoms with Crippen LogP contribution in [0.15, 0.2) is 67.0 Å². The average molecular weight is 431 g/mol. The van der Waals surface area contributed by atoms with Crippen molar-refractivity contribution in [2.45, 2.75) is 6.42 Å². The van der Waals surface area contributed by atoms with E-state index < -0.39 is 0 Å². The molecule has 3 heterocycles. The number of para-hydroxylation sites is 2. The lowest BCUT2D eigenvalue weighted by molar-refractivity contribution is -0.132. The maximum atomic E-state index is 13.2. The molecule has 1 fully saturated rings. The first kappa shape index (κ1) is 21.3. The van der Waals surface area contributed by atoms with Gasteiger partial charge in [0.05, 0.1) is 24.8 Å². The molecule has 32 heavy (non-hydrogen) atoms. The van der Waals surface area contributed by atoms with E-state index in [1.807, 2.05) is 42.5 Å². The van der Waals surface area contributed by atoms with Crippen molar-refractivity contribution in [3.05, 3.63) is 78.2 Å². The number of carbonyl (C=O) groups excluding carboxylic acids is 2. The predicted octanol–water partition coefficient (Wildman–Crippen LogP) is 2.76. The maximum Gasteiger partial charge on any atom is 0.257 e. The summed E-state index contributed by atoms with van der Waals surface area (Å²) in [4.78, 5) is 38.0. The summed E-state index contributed by atoms with van der Waals surface area (Å²) in [6, 6.07) is 16.5. The maximum absolute atomic E-state index is 13.2. The fourth-order valence-corrected chi connectivity index (χ4v) is 3.65. The Morgan fingerprint density at radius 3 is 2.38 bits per heavy atom. The molecule has 1 N–H and O–H groups in total. The molecule has 8 nitrogen and oxygen atoms in total. The van der Waals surface area contributed by atoms with Gasteiger partial charge in [-0.3, -0.25) is 14.6 Å². The van der Waals surface area contributed by atoms with Gasteiger partial charge in [0.25, 0.3) is 5.91 Å². The fraction of sp³-hybridized carbons (Fsp3) is 0.250. The van der Waals surface area contributed by atoms with Gasteiger partial charge in [-0.25, -0.2) is 4.98 Å². The predicted molar refractivity (Wildman–Crippen MR) is 121 cm³/mol. The summed E-state index contributed by atoms with van der Waals surface area (Å²) in [5, 5.41) is 3.21. The number of nitrogens with zero attached hydrogens (tertiary/aromatic N) is 4. The second kappa shape index (κ2) is 9.91. The van der Waals surface area contributed by atoms with Gasteiger partial charge in [-0.15, -0.1) is 0 Å². The van der Waals surface area contributed by atoms with Crippen molar-refractivity contribution >= 4 is 23.3 Å². The van der Waals surface area contributed by atoms with Crippen LogP contribution in [-0.4, -0.2) is 64.9 Å². The number of nitrogens with one attached hydrogen (secondary N) is 1. The molecule has 0 bridgehead atoms. The van der Waals surface area contributed by atoms with Crippen molar-refractivity contribution in [2.75, 3.05) is 38.6 Å². The van der Waals surface area contributed by atoms with Crippen molar-refractivity contribution in [3.8, 4) is 5.75 Å². The van der Waals surface area contributed by atoms with Gasteiger partial charge < -0.3 is 19.9 Å². The van der Waals surface area contributed by atoms with Crippen LogP contribution in [0.2, 0.25) is 0 Å². The van der Waals surface area contributed by atoms with E-state index in [0.717, 1.165) is 11.4 Å². The normalized spacial score (nSPS) is 13.5. The third kappa shape index (κ3) is 4.85. The van der Waals surface area contributed by atoms with E-state index in [2.05, 4.69) is 15.3 Å². The second-order valence-electron chi connectivity index (χ2n) is 7.40. The van der Waals surface area contributed by atoms with Gasteiger partial charge >= 0.3 is 0 Å². The minimum absolute atomic E-state index is 0.0238. The number of amides is 2. The Hall–Kier alpha value is -3.94. The van der Waals surface area contributed by atoms with Crippen molar-refractivity contribution in [2.24, 2.45) is 0 Å². The number of pyridine rings is 2. The third-order valence-corrected chi connectivity index (χ3v) is 5.38. The molecule has 1 aliphatic rings. The van der Waals surface area contributed by atoms with Crippen LogP contribution < -0.4 is 10.1 Å². The summed E-state index contributed by atoms with van der Waals surface area (Å²) in [5.41, 5.74) is 1.96. The van der Waals surface area contributed by atoms with Gasteiger partial charge in [0.15, 0.2) is 0 Å². The molecule has 164 valence electrons. The molecule has 0 spiro atoms. The standard InChI is InChI=1S/C24H25N5O3/c1-32-21-10-3-2-9-20(21)27-23-19(8-6-12-26-23)24(31)29-15-13-28(14-16-29)22(30)17-18-7-4-5-11-25-18/h2-12H,13-17H2,1H3,(H,26,27). The van der Waals surface area contributed by atoms with Crippen LogP contribution in [-0.2, 0) is 11.2 Å². The highest BCUT2D eigenvalue weighted by molar-refractivity contribution is 5.99. The molecule has 0 aliphatic carbocycles. The van der Waals surface area contributed by atoms with Gasteiger partial charge in [-0.2, -0.15) is 0 Å². The summed E-state index contributed by atoms with van der Waals surface area (Å²) in [5.74, 6) is 1.04. The molecule has 1 saturated heterocycles. The SMILES string of the molecule is COc1ccccc1Nc1ncccc1C(=O)N1CCN(C(=O)Cc2ccccn2)CC1. The Kier molecular flexibility index (Phi) is 6.60. The highest BCUT2D eigenvalue weighted by Crippen LogP contribution is 2.28. The van der Waals surface area contributed by atoms with Gasteiger partial charge in [0.2, 0.25) is 5.91 Å². The van der Waals surface area contributed by atoms with Crippen LogP contribution in [0.4, 0.5) is 11.5 Å². The fourth-order valence-electron chi connectivity index (χ4n) is 3.65. The summed E-state index contributed by atoms with van der Waals surface area (Å²) in [7, 11) is 1.60. The van der Waals surface area contributed by atoms with Crippen molar-refractivity contribution in [1.82, 2.24) is 19.8 Å². The molecule has 1 aromatic carbocycles. The lowest BCUT2D eigenvalue weighted by Gasteiger charge is -2.35. The largest absolute Gasteiger partial charge is 0.495 e. The molecule has 0 unspecified atom stereocenters. The Balaban J connectivity index is 1.41. The van der Waals surface area contributed by atoms with Crippen LogP contribution >= 0.6 is 0 Å². The molecule has 3 aromatic rings. The number of hydrogen-bond donors (Lipinski definition) is 1. The van der Waals surface area contributed by atoms with E-state index in [4.69, 9.17) is 4.74 Å². The minimum atomic E-state index is -0.118. The molecule has 0 saturated carbocycles. The zero-order valence-electron chi connectivity index (χ0n) is 17.9. The molecule has 2 amide bonds. The first-order valence-corrected chi connectivity index (χ1v) is 10.5. The Morgan fingerprint density at radius 1 is 0.906 bits per heavy atom. The highest BCUT2D eigenvalue weighted by atomic mass is 16.5. The van der Waals surface area contributed by atoms with Crippen LogP contribution in [0.25, 0.3) is 0 Å². The van der Waals surface area contributed by atoms with E-state index in [0.29, 0.717) is 43.3 Å². The van der Waals surface area contributed by atoms with E-state index >= 15 is 0 Å². The topological polar surface area (TPSA) is 87.7 Å². The molecule has 0 atom stereocenters. The first-order chi connectivity index (χ1) is 15.7.